The van der Waals surface area contributed by atoms with Gasteiger partial charge in [-0.05, 0) is 11.1 Å². The molecular weight excluding hydrogens is 242 g/mol. The molecule has 102 valence electrons. The van der Waals surface area contributed by atoms with Crippen LogP contribution in [0.3, 0.4) is 0 Å². The van der Waals surface area contributed by atoms with Crippen LogP contribution in [0.15, 0.2) is 28.8 Å². The van der Waals surface area contributed by atoms with E-state index in [1.54, 1.807) is 7.11 Å². The van der Waals surface area contributed by atoms with E-state index < -0.39 is 0 Å². The van der Waals surface area contributed by atoms with Crippen molar-refractivity contribution in [2.24, 2.45) is 5.73 Å². The van der Waals surface area contributed by atoms with Crippen LogP contribution in [0.2, 0.25) is 0 Å². The minimum Gasteiger partial charge on any atom is -0.380 e. The molecule has 1 heterocycles. The first-order chi connectivity index (χ1) is 9.11. The Kier molecular flexibility index (Phi) is 4.29. The molecule has 5 nitrogen and oxygen atoms in total. The number of ether oxygens (including phenoxy) is 1. The first-order valence-electron chi connectivity index (χ1n) is 6.28. The average molecular weight is 261 g/mol. The zero-order valence-corrected chi connectivity index (χ0v) is 11.5. The van der Waals surface area contributed by atoms with Crippen LogP contribution in [0.4, 0.5) is 0 Å². The molecule has 0 amide bonds. The maximum Gasteiger partial charge on any atom is 0.229 e. The van der Waals surface area contributed by atoms with Gasteiger partial charge in [-0.2, -0.15) is 4.98 Å². The molecule has 0 radical (unpaired) electrons. The summed E-state index contributed by atoms with van der Waals surface area (Å²) in [6.45, 7) is 4.56. The number of hydrogen-bond donors (Lipinski definition) is 1. The smallest absolute Gasteiger partial charge is 0.229 e. The standard InChI is InChI=1S/C14H19N3O2/c1-9(2)14-16-13(17-19-14)12(15)11-6-4-5-10(7-11)8-18-3/h4-7,9,12H,8,15H2,1-3H3. The second kappa shape index (κ2) is 5.95. The van der Waals surface area contributed by atoms with E-state index in [1.165, 1.54) is 0 Å². The molecule has 0 aliphatic rings. The van der Waals surface area contributed by atoms with E-state index in [4.69, 9.17) is 15.0 Å². The third-order valence-corrected chi connectivity index (χ3v) is 2.85. The van der Waals surface area contributed by atoms with Crippen molar-refractivity contribution in [3.8, 4) is 0 Å². The summed E-state index contributed by atoms with van der Waals surface area (Å²) in [5.41, 5.74) is 8.19. The van der Waals surface area contributed by atoms with Gasteiger partial charge in [-0.25, -0.2) is 0 Å². The second-order valence-corrected chi connectivity index (χ2v) is 4.80. The van der Waals surface area contributed by atoms with Crippen LogP contribution in [0, 0.1) is 0 Å². The Balaban J connectivity index is 2.22. The summed E-state index contributed by atoms with van der Waals surface area (Å²) >= 11 is 0. The lowest BCUT2D eigenvalue weighted by molar-refractivity contribution is 0.185. The Labute approximate surface area is 112 Å². The lowest BCUT2D eigenvalue weighted by atomic mass is 10.0. The van der Waals surface area contributed by atoms with Gasteiger partial charge in [-0.3, -0.25) is 0 Å². The normalized spacial score (nSPS) is 12.9. The molecule has 1 aromatic heterocycles. The number of benzene rings is 1. The fourth-order valence-corrected chi connectivity index (χ4v) is 1.80. The van der Waals surface area contributed by atoms with Crippen molar-refractivity contribution in [1.82, 2.24) is 10.1 Å². The highest BCUT2D eigenvalue weighted by Crippen LogP contribution is 2.20. The number of rotatable bonds is 5. The van der Waals surface area contributed by atoms with Gasteiger partial charge in [0, 0.05) is 13.0 Å². The fourth-order valence-electron chi connectivity index (χ4n) is 1.80. The quantitative estimate of drug-likeness (QED) is 0.894. The Morgan fingerprint density at radius 3 is 2.79 bits per heavy atom. The first kappa shape index (κ1) is 13.7. The molecule has 2 N–H and O–H groups in total. The minimum absolute atomic E-state index is 0.202. The minimum atomic E-state index is -0.381. The van der Waals surface area contributed by atoms with Crippen LogP contribution in [-0.4, -0.2) is 17.3 Å². The molecule has 0 spiro atoms. The third kappa shape index (κ3) is 3.19. The monoisotopic (exact) mass is 261 g/mol. The molecule has 0 saturated carbocycles. The topological polar surface area (TPSA) is 74.2 Å². The van der Waals surface area contributed by atoms with E-state index >= 15 is 0 Å². The number of aromatic nitrogens is 2. The Morgan fingerprint density at radius 2 is 2.16 bits per heavy atom. The Bertz CT molecular complexity index is 537. The van der Waals surface area contributed by atoms with Crippen molar-refractivity contribution < 1.29 is 9.26 Å². The fraction of sp³-hybridized carbons (Fsp3) is 0.429. The van der Waals surface area contributed by atoms with Gasteiger partial charge in [0.15, 0.2) is 5.82 Å². The Morgan fingerprint density at radius 1 is 1.37 bits per heavy atom. The van der Waals surface area contributed by atoms with Crippen LogP contribution < -0.4 is 5.73 Å². The highest BCUT2D eigenvalue weighted by molar-refractivity contribution is 5.28. The van der Waals surface area contributed by atoms with Crippen LogP contribution in [0.5, 0.6) is 0 Å². The van der Waals surface area contributed by atoms with Gasteiger partial charge < -0.3 is 15.0 Å². The van der Waals surface area contributed by atoms with Crippen molar-refractivity contribution in [3.05, 3.63) is 47.1 Å². The van der Waals surface area contributed by atoms with Gasteiger partial charge in [0.05, 0.1) is 12.6 Å². The molecule has 0 saturated heterocycles. The van der Waals surface area contributed by atoms with Gasteiger partial charge >= 0.3 is 0 Å². The summed E-state index contributed by atoms with van der Waals surface area (Å²) in [5, 5.41) is 3.95. The molecule has 1 unspecified atom stereocenters. The largest absolute Gasteiger partial charge is 0.380 e. The van der Waals surface area contributed by atoms with Crippen LogP contribution in [0.1, 0.15) is 48.6 Å². The van der Waals surface area contributed by atoms with Gasteiger partial charge in [-0.15, -0.1) is 0 Å². The molecule has 1 aromatic carbocycles. The Hall–Kier alpha value is -1.72. The summed E-state index contributed by atoms with van der Waals surface area (Å²) in [6, 6.07) is 7.52. The summed E-state index contributed by atoms with van der Waals surface area (Å²) in [7, 11) is 1.67. The van der Waals surface area contributed by atoms with Crippen molar-refractivity contribution in [2.75, 3.05) is 7.11 Å². The van der Waals surface area contributed by atoms with Gasteiger partial charge in [-0.1, -0.05) is 43.3 Å². The van der Waals surface area contributed by atoms with Crippen LogP contribution in [0.25, 0.3) is 0 Å². The summed E-state index contributed by atoms with van der Waals surface area (Å²) < 4.78 is 10.3. The van der Waals surface area contributed by atoms with Crippen molar-refractivity contribution >= 4 is 0 Å². The molecule has 5 heteroatoms. The zero-order valence-electron chi connectivity index (χ0n) is 11.5. The number of hydrogen-bond acceptors (Lipinski definition) is 5. The third-order valence-electron chi connectivity index (χ3n) is 2.85. The molecule has 0 aliphatic heterocycles. The number of nitrogens with zero attached hydrogens (tertiary/aromatic N) is 2. The predicted molar refractivity (Wildman–Crippen MR) is 71.6 cm³/mol. The summed E-state index contributed by atoms with van der Waals surface area (Å²) in [4.78, 5) is 4.33. The van der Waals surface area contributed by atoms with E-state index in [2.05, 4.69) is 10.1 Å². The van der Waals surface area contributed by atoms with Gasteiger partial charge in [0.25, 0.3) is 0 Å². The molecule has 19 heavy (non-hydrogen) atoms. The zero-order chi connectivity index (χ0) is 13.8. The van der Waals surface area contributed by atoms with Crippen LogP contribution >= 0.6 is 0 Å². The molecule has 0 bridgehead atoms. The number of nitrogens with two attached hydrogens (primary N) is 1. The predicted octanol–water partition coefficient (Wildman–Crippen LogP) is 2.39. The van der Waals surface area contributed by atoms with Crippen molar-refractivity contribution in [3.63, 3.8) is 0 Å². The average Bonchev–Trinajstić information content (AvgIpc) is 2.88. The lowest BCUT2D eigenvalue weighted by Gasteiger charge is -2.09. The molecule has 0 fully saturated rings. The molecule has 0 aliphatic carbocycles. The van der Waals surface area contributed by atoms with E-state index in [9.17, 15) is 0 Å². The highest BCUT2D eigenvalue weighted by Gasteiger charge is 2.17. The van der Waals surface area contributed by atoms with Crippen molar-refractivity contribution in [1.29, 1.82) is 0 Å². The molecular formula is C14H19N3O2. The van der Waals surface area contributed by atoms with Gasteiger partial charge in [0.1, 0.15) is 0 Å². The molecule has 1 atom stereocenters. The maximum absolute atomic E-state index is 6.17. The lowest BCUT2D eigenvalue weighted by Crippen LogP contribution is -2.14. The first-order valence-corrected chi connectivity index (χ1v) is 6.28. The van der Waals surface area contributed by atoms with Crippen LogP contribution in [-0.2, 0) is 11.3 Å². The van der Waals surface area contributed by atoms with Crippen molar-refractivity contribution in [2.45, 2.75) is 32.4 Å². The van der Waals surface area contributed by atoms with E-state index in [0.29, 0.717) is 18.3 Å². The summed E-state index contributed by atoms with van der Waals surface area (Å²) in [5.74, 6) is 1.32. The maximum atomic E-state index is 6.17. The SMILES string of the molecule is COCc1cccc(C(N)c2noc(C(C)C)n2)c1. The van der Waals surface area contributed by atoms with Gasteiger partial charge in [0.2, 0.25) is 5.89 Å². The number of methoxy groups -OCH3 is 1. The molecule has 2 aromatic rings. The molecule has 2 rings (SSSR count). The second-order valence-electron chi connectivity index (χ2n) is 4.80. The summed E-state index contributed by atoms with van der Waals surface area (Å²) in [6.07, 6.45) is 0. The van der Waals surface area contributed by atoms with E-state index in [-0.39, 0.29) is 12.0 Å². The van der Waals surface area contributed by atoms with E-state index in [1.807, 2.05) is 38.1 Å². The highest BCUT2D eigenvalue weighted by atomic mass is 16.5. The van der Waals surface area contributed by atoms with E-state index in [0.717, 1.165) is 11.1 Å².